The van der Waals surface area contributed by atoms with Crippen molar-refractivity contribution in [2.45, 2.75) is 46.5 Å². The van der Waals surface area contributed by atoms with Crippen molar-refractivity contribution in [3.05, 3.63) is 0 Å². The number of hydrogen-bond acceptors (Lipinski definition) is 1. The van der Waals surface area contributed by atoms with Gasteiger partial charge in [0.1, 0.15) is 0 Å². The molecule has 1 rings (SSSR count). The minimum Gasteiger partial charge on any atom is -0.316 e. The minimum atomic E-state index is 0.869. The van der Waals surface area contributed by atoms with Gasteiger partial charge < -0.3 is 5.32 Å². The third kappa shape index (κ3) is 4.66. The monoisotopic (exact) mass is 183 g/mol. The van der Waals surface area contributed by atoms with Gasteiger partial charge in [0, 0.05) is 0 Å². The first-order valence-electron chi connectivity index (χ1n) is 5.94. The first-order valence-corrected chi connectivity index (χ1v) is 5.94. The number of nitrogens with one attached hydrogen (secondary N) is 1. The standard InChI is InChI=1S/C12H25N/c1-4-7-13-9-12(8-10(2)3)11-5-6-11/h10-13H,4-9H2,1-3H3. The fraction of sp³-hybridized carbons (Fsp3) is 1.00. The van der Waals surface area contributed by atoms with E-state index in [9.17, 15) is 0 Å². The first-order chi connectivity index (χ1) is 6.24. The van der Waals surface area contributed by atoms with Crippen LogP contribution in [0.3, 0.4) is 0 Å². The van der Waals surface area contributed by atoms with Crippen LogP contribution in [-0.4, -0.2) is 13.1 Å². The second-order valence-corrected chi connectivity index (χ2v) is 4.93. The van der Waals surface area contributed by atoms with Gasteiger partial charge in [-0.3, -0.25) is 0 Å². The molecule has 1 unspecified atom stereocenters. The van der Waals surface area contributed by atoms with E-state index in [2.05, 4.69) is 26.1 Å². The lowest BCUT2D eigenvalue weighted by molar-refractivity contribution is 0.350. The summed E-state index contributed by atoms with van der Waals surface area (Å²) in [5.74, 6) is 2.90. The Morgan fingerprint density at radius 1 is 1.31 bits per heavy atom. The van der Waals surface area contributed by atoms with E-state index in [1.165, 1.54) is 38.8 Å². The summed E-state index contributed by atoms with van der Waals surface area (Å²) in [6, 6.07) is 0. The zero-order valence-corrected chi connectivity index (χ0v) is 9.47. The van der Waals surface area contributed by atoms with Gasteiger partial charge in [-0.15, -0.1) is 0 Å². The minimum absolute atomic E-state index is 0.869. The average molecular weight is 183 g/mol. The molecular formula is C12H25N. The summed E-state index contributed by atoms with van der Waals surface area (Å²) in [5, 5.41) is 3.56. The fourth-order valence-corrected chi connectivity index (χ4v) is 2.08. The van der Waals surface area contributed by atoms with Gasteiger partial charge >= 0.3 is 0 Å². The van der Waals surface area contributed by atoms with Crippen LogP contribution in [0, 0.1) is 17.8 Å². The molecule has 0 radical (unpaired) electrons. The summed E-state index contributed by atoms with van der Waals surface area (Å²) in [5.41, 5.74) is 0. The van der Waals surface area contributed by atoms with Gasteiger partial charge in [0.15, 0.2) is 0 Å². The largest absolute Gasteiger partial charge is 0.316 e. The SMILES string of the molecule is CCCNCC(CC(C)C)C1CC1. The maximum atomic E-state index is 3.56. The van der Waals surface area contributed by atoms with Gasteiger partial charge in [-0.05, 0) is 56.5 Å². The lowest BCUT2D eigenvalue weighted by Crippen LogP contribution is -2.25. The van der Waals surface area contributed by atoms with Crippen LogP contribution in [0.1, 0.15) is 46.5 Å². The van der Waals surface area contributed by atoms with Crippen LogP contribution in [0.4, 0.5) is 0 Å². The van der Waals surface area contributed by atoms with Crippen molar-refractivity contribution < 1.29 is 0 Å². The van der Waals surface area contributed by atoms with E-state index in [1.54, 1.807) is 0 Å². The Kier molecular flexibility index (Phi) is 4.79. The van der Waals surface area contributed by atoms with E-state index in [-0.39, 0.29) is 0 Å². The van der Waals surface area contributed by atoms with E-state index in [0.29, 0.717) is 0 Å². The molecule has 1 nitrogen and oxygen atoms in total. The van der Waals surface area contributed by atoms with Gasteiger partial charge in [-0.25, -0.2) is 0 Å². The highest BCUT2D eigenvalue weighted by Gasteiger charge is 2.30. The molecule has 1 aliphatic rings. The molecule has 0 heterocycles. The van der Waals surface area contributed by atoms with Crippen LogP contribution in [0.25, 0.3) is 0 Å². The molecule has 1 saturated carbocycles. The van der Waals surface area contributed by atoms with E-state index in [1.807, 2.05) is 0 Å². The first kappa shape index (κ1) is 11.0. The molecule has 0 aromatic rings. The Morgan fingerprint density at radius 2 is 2.00 bits per heavy atom. The van der Waals surface area contributed by atoms with Crippen LogP contribution in [0.2, 0.25) is 0 Å². The summed E-state index contributed by atoms with van der Waals surface area (Å²) in [6.45, 7) is 9.38. The molecule has 1 atom stereocenters. The highest BCUT2D eigenvalue weighted by atomic mass is 14.9. The second-order valence-electron chi connectivity index (χ2n) is 4.93. The molecule has 0 saturated heterocycles. The molecule has 0 aromatic heterocycles. The molecule has 0 aromatic carbocycles. The molecular weight excluding hydrogens is 158 g/mol. The van der Waals surface area contributed by atoms with Crippen molar-refractivity contribution in [3.63, 3.8) is 0 Å². The highest BCUT2D eigenvalue weighted by Crippen LogP contribution is 2.39. The van der Waals surface area contributed by atoms with E-state index < -0.39 is 0 Å². The van der Waals surface area contributed by atoms with Crippen molar-refractivity contribution in [1.82, 2.24) is 5.32 Å². The summed E-state index contributed by atoms with van der Waals surface area (Å²) in [7, 11) is 0. The van der Waals surface area contributed by atoms with Crippen LogP contribution < -0.4 is 5.32 Å². The van der Waals surface area contributed by atoms with Gasteiger partial charge in [0.05, 0.1) is 0 Å². The Labute approximate surface area is 83.3 Å². The van der Waals surface area contributed by atoms with Crippen LogP contribution in [-0.2, 0) is 0 Å². The Balaban J connectivity index is 2.13. The topological polar surface area (TPSA) is 12.0 Å². The maximum absolute atomic E-state index is 3.56. The zero-order valence-electron chi connectivity index (χ0n) is 9.47. The quantitative estimate of drug-likeness (QED) is 0.598. The van der Waals surface area contributed by atoms with Crippen molar-refractivity contribution in [2.75, 3.05) is 13.1 Å². The lowest BCUT2D eigenvalue weighted by Gasteiger charge is -2.18. The molecule has 0 amide bonds. The molecule has 13 heavy (non-hydrogen) atoms. The van der Waals surface area contributed by atoms with Crippen LogP contribution in [0.5, 0.6) is 0 Å². The highest BCUT2D eigenvalue weighted by molar-refractivity contribution is 4.83. The van der Waals surface area contributed by atoms with Crippen molar-refractivity contribution >= 4 is 0 Å². The Morgan fingerprint density at radius 3 is 2.46 bits per heavy atom. The van der Waals surface area contributed by atoms with Crippen molar-refractivity contribution in [3.8, 4) is 0 Å². The summed E-state index contributed by atoms with van der Waals surface area (Å²) < 4.78 is 0. The molecule has 0 aliphatic heterocycles. The molecule has 1 fully saturated rings. The normalized spacial score (nSPS) is 19.4. The fourth-order valence-electron chi connectivity index (χ4n) is 2.08. The third-order valence-electron chi connectivity index (χ3n) is 2.90. The van der Waals surface area contributed by atoms with Gasteiger partial charge in [0.2, 0.25) is 0 Å². The summed E-state index contributed by atoms with van der Waals surface area (Å²) >= 11 is 0. The third-order valence-corrected chi connectivity index (χ3v) is 2.90. The zero-order chi connectivity index (χ0) is 9.68. The Hall–Kier alpha value is -0.0400. The van der Waals surface area contributed by atoms with Crippen LogP contribution in [0.15, 0.2) is 0 Å². The van der Waals surface area contributed by atoms with Crippen LogP contribution >= 0.6 is 0 Å². The average Bonchev–Trinajstić information content (AvgIpc) is 2.84. The van der Waals surface area contributed by atoms with Crippen molar-refractivity contribution in [1.29, 1.82) is 0 Å². The molecule has 1 aliphatic carbocycles. The van der Waals surface area contributed by atoms with Crippen molar-refractivity contribution in [2.24, 2.45) is 17.8 Å². The molecule has 0 bridgehead atoms. The summed E-state index contributed by atoms with van der Waals surface area (Å²) in [4.78, 5) is 0. The summed E-state index contributed by atoms with van der Waals surface area (Å²) in [6.07, 6.45) is 5.66. The smallest absolute Gasteiger partial charge is 0.00178 e. The number of rotatable bonds is 7. The van der Waals surface area contributed by atoms with Gasteiger partial charge in [-0.2, -0.15) is 0 Å². The predicted molar refractivity (Wildman–Crippen MR) is 58.8 cm³/mol. The number of hydrogen-bond donors (Lipinski definition) is 1. The maximum Gasteiger partial charge on any atom is -0.00178 e. The molecule has 78 valence electrons. The van der Waals surface area contributed by atoms with E-state index in [0.717, 1.165) is 17.8 Å². The molecule has 0 spiro atoms. The Bertz CT molecular complexity index is 127. The predicted octanol–water partition coefficient (Wildman–Crippen LogP) is 3.06. The molecule has 1 N–H and O–H groups in total. The lowest BCUT2D eigenvalue weighted by atomic mass is 9.93. The second kappa shape index (κ2) is 5.64. The molecule has 1 heteroatoms. The van der Waals surface area contributed by atoms with E-state index in [4.69, 9.17) is 0 Å². The van der Waals surface area contributed by atoms with Gasteiger partial charge in [-0.1, -0.05) is 20.8 Å². The van der Waals surface area contributed by atoms with E-state index >= 15 is 0 Å². The van der Waals surface area contributed by atoms with Gasteiger partial charge in [0.25, 0.3) is 0 Å².